The lowest BCUT2D eigenvalue weighted by atomic mass is 10.1. The van der Waals surface area contributed by atoms with E-state index in [1.165, 1.54) is 0 Å². The van der Waals surface area contributed by atoms with E-state index in [9.17, 15) is 9.59 Å². The molecule has 0 heterocycles. The number of rotatable bonds is 8. The maximum atomic E-state index is 13.2. The molecule has 4 nitrogen and oxygen atoms in total. The molecule has 150 valence electrons. The summed E-state index contributed by atoms with van der Waals surface area (Å²) >= 11 is 12.1. The summed E-state index contributed by atoms with van der Waals surface area (Å²) in [5.74, 6) is -0.252. The van der Waals surface area contributed by atoms with Gasteiger partial charge in [0.25, 0.3) is 0 Å². The van der Waals surface area contributed by atoms with Gasteiger partial charge in [0.05, 0.1) is 16.5 Å². The third-order valence-corrected chi connectivity index (χ3v) is 5.25. The van der Waals surface area contributed by atoms with Gasteiger partial charge in [0.2, 0.25) is 11.8 Å². The smallest absolute Gasteiger partial charge is 0.242 e. The Hall–Kier alpha value is -2.04. The number of hydrogen-bond acceptors (Lipinski definition) is 2. The first kappa shape index (κ1) is 22.3. The van der Waals surface area contributed by atoms with Crippen LogP contribution in [-0.2, 0) is 22.6 Å². The van der Waals surface area contributed by atoms with E-state index in [-0.39, 0.29) is 24.8 Å². The highest BCUT2D eigenvalue weighted by atomic mass is 35.5. The second kappa shape index (κ2) is 10.5. The van der Waals surface area contributed by atoms with Crippen molar-refractivity contribution in [3.8, 4) is 0 Å². The number of likely N-dealkylation sites (N-methyl/N-ethyl adjacent to an activating group) is 1. The van der Waals surface area contributed by atoms with Gasteiger partial charge in [-0.2, -0.15) is 0 Å². The molecule has 0 aromatic heterocycles. The first-order valence-electron chi connectivity index (χ1n) is 9.42. The van der Waals surface area contributed by atoms with Gasteiger partial charge >= 0.3 is 0 Å². The van der Waals surface area contributed by atoms with Crippen LogP contribution in [0.25, 0.3) is 0 Å². The fraction of sp³-hybridized carbons (Fsp3) is 0.364. The van der Waals surface area contributed by atoms with E-state index in [0.29, 0.717) is 23.0 Å². The van der Waals surface area contributed by atoms with Gasteiger partial charge in [0.15, 0.2) is 0 Å². The standard InChI is InChI=1S/C22H26Cl2N2O2/c1-4-20(22(28)25-5-2)26(14-17-9-10-18(23)19(24)12-17)21(27)13-16-8-6-7-15(3)11-16/h6-12,20H,4-5,13-14H2,1-3H3,(H,25,28)/t20-/m1/s1. The number of nitrogens with one attached hydrogen (secondary N) is 1. The molecule has 0 aliphatic rings. The first-order chi connectivity index (χ1) is 13.3. The molecule has 0 bridgehead atoms. The average Bonchev–Trinajstić information content (AvgIpc) is 2.64. The van der Waals surface area contributed by atoms with Crippen LogP contribution in [0.4, 0.5) is 0 Å². The molecule has 0 aliphatic heterocycles. The molecule has 0 aliphatic carbocycles. The largest absolute Gasteiger partial charge is 0.355 e. The normalized spacial score (nSPS) is 11.8. The van der Waals surface area contributed by atoms with Crippen LogP contribution in [-0.4, -0.2) is 29.3 Å². The van der Waals surface area contributed by atoms with Gasteiger partial charge in [-0.3, -0.25) is 9.59 Å². The molecule has 2 amide bonds. The molecule has 0 saturated carbocycles. The van der Waals surface area contributed by atoms with E-state index in [4.69, 9.17) is 23.2 Å². The Balaban J connectivity index is 2.31. The quantitative estimate of drug-likeness (QED) is 0.667. The monoisotopic (exact) mass is 420 g/mol. The summed E-state index contributed by atoms with van der Waals surface area (Å²) in [6.45, 7) is 6.56. The van der Waals surface area contributed by atoms with Gasteiger partial charge in [0.1, 0.15) is 6.04 Å². The highest BCUT2D eigenvalue weighted by molar-refractivity contribution is 6.42. The van der Waals surface area contributed by atoms with Crippen molar-refractivity contribution < 1.29 is 9.59 Å². The van der Waals surface area contributed by atoms with Crippen LogP contribution >= 0.6 is 23.2 Å². The summed E-state index contributed by atoms with van der Waals surface area (Å²) in [5.41, 5.74) is 2.85. The number of hydrogen-bond donors (Lipinski definition) is 1. The van der Waals surface area contributed by atoms with Gasteiger partial charge < -0.3 is 10.2 Å². The molecule has 28 heavy (non-hydrogen) atoms. The van der Waals surface area contributed by atoms with Crippen molar-refractivity contribution in [2.45, 2.75) is 46.2 Å². The zero-order valence-corrected chi connectivity index (χ0v) is 18.0. The molecule has 1 atom stereocenters. The number of benzene rings is 2. The Labute approximate surface area is 176 Å². The second-order valence-corrected chi connectivity index (χ2v) is 7.57. The summed E-state index contributed by atoms with van der Waals surface area (Å²) < 4.78 is 0. The Morgan fingerprint density at radius 3 is 2.39 bits per heavy atom. The highest BCUT2D eigenvalue weighted by Crippen LogP contribution is 2.24. The van der Waals surface area contributed by atoms with Crippen molar-refractivity contribution in [3.05, 3.63) is 69.2 Å². The molecule has 0 fully saturated rings. The van der Waals surface area contributed by atoms with Gasteiger partial charge in [0, 0.05) is 13.1 Å². The summed E-state index contributed by atoms with van der Waals surface area (Å²) in [7, 11) is 0. The third kappa shape index (κ3) is 5.98. The maximum absolute atomic E-state index is 13.2. The zero-order valence-electron chi connectivity index (χ0n) is 16.5. The van der Waals surface area contributed by atoms with Crippen molar-refractivity contribution in [1.82, 2.24) is 10.2 Å². The molecule has 6 heteroatoms. The molecule has 2 aromatic carbocycles. The van der Waals surface area contributed by atoms with Gasteiger partial charge in [-0.25, -0.2) is 0 Å². The van der Waals surface area contributed by atoms with Crippen LogP contribution in [0.5, 0.6) is 0 Å². The maximum Gasteiger partial charge on any atom is 0.242 e. The number of amides is 2. The number of carbonyl (C=O) groups is 2. The predicted octanol–water partition coefficient (Wildman–Crippen LogP) is 4.79. The lowest BCUT2D eigenvalue weighted by Crippen LogP contribution is -2.49. The van der Waals surface area contributed by atoms with Crippen molar-refractivity contribution in [2.75, 3.05) is 6.54 Å². The molecule has 0 spiro atoms. The van der Waals surface area contributed by atoms with Crippen LogP contribution in [0, 0.1) is 6.92 Å². The predicted molar refractivity (Wildman–Crippen MR) is 115 cm³/mol. The number of nitrogens with zero attached hydrogens (tertiary/aromatic N) is 1. The second-order valence-electron chi connectivity index (χ2n) is 6.75. The molecule has 2 rings (SSSR count). The molecule has 0 radical (unpaired) electrons. The Bertz CT molecular complexity index is 839. The van der Waals surface area contributed by atoms with Crippen molar-refractivity contribution >= 4 is 35.0 Å². The zero-order chi connectivity index (χ0) is 20.7. The summed E-state index contributed by atoms with van der Waals surface area (Å²) in [4.78, 5) is 27.4. The van der Waals surface area contributed by atoms with E-state index >= 15 is 0 Å². The fourth-order valence-electron chi connectivity index (χ4n) is 3.14. The first-order valence-corrected chi connectivity index (χ1v) is 10.2. The van der Waals surface area contributed by atoms with Gasteiger partial charge in [-0.05, 0) is 43.5 Å². The summed E-state index contributed by atoms with van der Waals surface area (Å²) in [6.07, 6.45) is 0.756. The molecule has 1 N–H and O–H groups in total. The van der Waals surface area contributed by atoms with Crippen molar-refractivity contribution in [2.24, 2.45) is 0 Å². The lowest BCUT2D eigenvalue weighted by Gasteiger charge is -2.30. The van der Waals surface area contributed by atoms with E-state index in [0.717, 1.165) is 16.7 Å². The number of aryl methyl sites for hydroxylation is 1. The molecule has 0 saturated heterocycles. The highest BCUT2D eigenvalue weighted by Gasteiger charge is 2.28. The fourth-order valence-corrected chi connectivity index (χ4v) is 3.47. The Morgan fingerprint density at radius 2 is 1.79 bits per heavy atom. The van der Waals surface area contributed by atoms with Gasteiger partial charge in [-0.1, -0.05) is 66.0 Å². The average molecular weight is 421 g/mol. The van der Waals surface area contributed by atoms with Crippen molar-refractivity contribution in [3.63, 3.8) is 0 Å². The van der Waals surface area contributed by atoms with Crippen LogP contribution in [0.3, 0.4) is 0 Å². The minimum absolute atomic E-state index is 0.102. The summed E-state index contributed by atoms with van der Waals surface area (Å²) in [6, 6.07) is 12.6. The number of halogens is 2. The minimum atomic E-state index is -0.549. The van der Waals surface area contributed by atoms with E-state index in [1.807, 2.05) is 51.1 Å². The third-order valence-electron chi connectivity index (χ3n) is 4.51. The van der Waals surface area contributed by atoms with Crippen LogP contribution in [0.15, 0.2) is 42.5 Å². The Morgan fingerprint density at radius 1 is 1.04 bits per heavy atom. The molecular formula is C22H26Cl2N2O2. The summed E-state index contributed by atoms with van der Waals surface area (Å²) in [5, 5.41) is 3.72. The van der Waals surface area contributed by atoms with Gasteiger partial charge in [-0.15, -0.1) is 0 Å². The topological polar surface area (TPSA) is 49.4 Å². The van der Waals surface area contributed by atoms with Crippen molar-refractivity contribution in [1.29, 1.82) is 0 Å². The molecule has 0 unspecified atom stereocenters. The number of carbonyl (C=O) groups excluding carboxylic acids is 2. The molecule has 2 aromatic rings. The van der Waals surface area contributed by atoms with Crippen LogP contribution < -0.4 is 5.32 Å². The lowest BCUT2D eigenvalue weighted by molar-refractivity contribution is -0.140. The Kier molecular flexibility index (Phi) is 8.34. The molecular weight excluding hydrogens is 395 g/mol. The van der Waals surface area contributed by atoms with E-state index in [2.05, 4.69) is 5.32 Å². The van der Waals surface area contributed by atoms with Crippen LogP contribution in [0.1, 0.15) is 37.0 Å². The van der Waals surface area contributed by atoms with E-state index < -0.39 is 6.04 Å². The van der Waals surface area contributed by atoms with E-state index in [1.54, 1.807) is 17.0 Å². The van der Waals surface area contributed by atoms with Crippen LogP contribution in [0.2, 0.25) is 10.0 Å². The SMILES string of the molecule is CCNC(=O)[C@@H](CC)N(Cc1ccc(Cl)c(Cl)c1)C(=O)Cc1cccc(C)c1. The minimum Gasteiger partial charge on any atom is -0.355 e.